The van der Waals surface area contributed by atoms with Gasteiger partial charge in [0.1, 0.15) is 0 Å². The fraction of sp³-hybridized carbons (Fsp3) is 0.294. The van der Waals surface area contributed by atoms with Crippen LogP contribution in [-0.2, 0) is 16.4 Å². The van der Waals surface area contributed by atoms with E-state index in [2.05, 4.69) is 6.92 Å². The Morgan fingerprint density at radius 3 is 2.43 bits per heavy atom. The van der Waals surface area contributed by atoms with Crippen LogP contribution >= 0.6 is 0 Å². The fourth-order valence-electron chi connectivity index (χ4n) is 2.43. The van der Waals surface area contributed by atoms with E-state index in [1.54, 1.807) is 18.2 Å². The molecule has 0 aliphatic heterocycles. The highest BCUT2D eigenvalue weighted by Crippen LogP contribution is 2.27. The van der Waals surface area contributed by atoms with Crippen LogP contribution in [0.4, 0.5) is 11.4 Å². The summed E-state index contributed by atoms with van der Waals surface area (Å²) in [5.74, 6) is 0. The topological polar surface area (TPSA) is 57.5 Å². The average Bonchev–Trinajstić information content (AvgIpc) is 2.55. The zero-order chi connectivity index (χ0) is 17.0. The third-order valence-corrected chi connectivity index (χ3v) is 5.46. The maximum atomic E-state index is 12.9. The lowest BCUT2D eigenvalue weighted by Gasteiger charge is -2.22. The van der Waals surface area contributed by atoms with E-state index in [4.69, 9.17) is 0 Å². The first kappa shape index (κ1) is 17.1. The Morgan fingerprint density at radius 2 is 1.78 bits per heavy atom. The van der Waals surface area contributed by atoms with Gasteiger partial charge < -0.3 is 0 Å². The second kappa shape index (κ2) is 6.91. The van der Waals surface area contributed by atoms with Crippen LogP contribution in [-0.4, -0.2) is 27.3 Å². The highest BCUT2D eigenvalue weighted by molar-refractivity contribution is 7.92. The Kier molecular flexibility index (Phi) is 5.15. The lowest BCUT2D eigenvalue weighted by Crippen LogP contribution is -2.27. The van der Waals surface area contributed by atoms with Crippen molar-refractivity contribution < 1.29 is 13.2 Å². The highest BCUT2D eigenvalue weighted by atomic mass is 32.2. The number of sulfonamides is 1. The Hall–Kier alpha value is -2.21. The van der Waals surface area contributed by atoms with Crippen molar-refractivity contribution >= 4 is 21.4 Å². The van der Waals surface area contributed by atoms with Crippen molar-refractivity contribution in [2.45, 2.75) is 24.7 Å². The van der Waals surface area contributed by atoms with Gasteiger partial charge >= 0.3 is 0 Å². The summed E-state index contributed by atoms with van der Waals surface area (Å²) < 4.78 is 27.7. The predicted molar refractivity (Wildman–Crippen MR) is 91.7 cm³/mol. The van der Waals surface area contributed by atoms with Gasteiger partial charge in [-0.3, -0.25) is 4.31 Å². The van der Waals surface area contributed by atoms with Crippen molar-refractivity contribution in [1.82, 2.24) is 0 Å². The number of hydrogen-bond donors (Lipinski definition) is 0. The second-order valence-corrected chi connectivity index (χ2v) is 7.32. The van der Waals surface area contributed by atoms with Crippen LogP contribution in [0.5, 0.6) is 0 Å². The van der Waals surface area contributed by atoms with Crippen LogP contribution in [0.3, 0.4) is 0 Å². The van der Waals surface area contributed by atoms with E-state index in [0.29, 0.717) is 16.1 Å². The molecule has 5 nitrogen and oxygen atoms in total. The van der Waals surface area contributed by atoms with E-state index in [0.717, 1.165) is 18.4 Å². The molecule has 0 spiro atoms. The number of nitrogens with zero attached hydrogens (tertiary/aromatic N) is 2. The van der Waals surface area contributed by atoms with Gasteiger partial charge in [0.05, 0.1) is 10.6 Å². The van der Waals surface area contributed by atoms with Crippen molar-refractivity contribution in [3.8, 4) is 0 Å². The summed E-state index contributed by atoms with van der Waals surface area (Å²) in [6.45, 7) is 2.05. The van der Waals surface area contributed by atoms with E-state index in [9.17, 15) is 13.3 Å². The van der Waals surface area contributed by atoms with E-state index in [1.807, 2.05) is 18.2 Å². The van der Waals surface area contributed by atoms with Gasteiger partial charge in [0.15, 0.2) is 7.05 Å². The summed E-state index contributed by atoms with van der Waals surface area (Å²) in [4.78, 5) is 11.5. The maximum absolute atomic E-state index is 12.9. The van der Waals surface area contributed by atoms with Gasteiger partial charge in [0, 0.05) is 28.8 Å². The first-order valence-electron chi connectivity index (χ1n) is 7.45. The number of anilines is 1. The third kappa shape index (κ3) is 3.59. The molecule has 0 heterocycles. The maximum Gasteiger partial charge on any atom is 0.264 e. The molecule has 0 bridgehead atoms. The molecule has 0 saturated carbocycles. The highest BCUT2D eigenvalue weighted by Gasteiger charge is 2.24. The van der Waals surface area contributed by atoms with E-state index in [1.165, 1.54) is 30.5 Å². The Balaban J connectivity index is 2.47. The molecule has 0 aliphatic rings. The largest absolute Gasteiger partial charge is 0.269 e. The minimum absolute atomic E-state index is 0.103. The second-order valence-electron chi connectivity index (χ2n) is 5.35. The van der Waals surface area contributed by atoms with Crippen LogP contribution in [0, 0.1) is 4.91 Å². The van der Waals surface area contributed by atoms with Crippen molar-refractivity contribution in [3.63, 3.8) is 0 Å². The summed E-state index contributed by atoms with van der Waals surface area (Å²) >= 11 is 0. The molecule has 0 unspecified atom stereocenters. The first-order valence-corrected chi connectivity index (χ1v) is 8.89. The van der Waals surface area contributed by atoms with Gasteiger partial charge in [0.2, 0.25) is 0 Å². The quantitative estimate of drug-likeness (QED) is 0.760. The molecule has 0 aromatic heterocycles. The van der Waals surface area contributed by atoms with Gasteiger partial charge in [-0.25, -0.2) is 8.42 Å². The van der Waals surface area contributed by atoms with Crippen molar-refractivity contribution in [3.05, 3.63) is 59.0 Å². The summed E-state index contributed by atoms with van der Waals surface area (Å²) in [6.07, 6.45) is 1.74. The van der Waals surface area contributed by atoms with Gasteiger partial charge in [-0.2, -0.15) is 0 Å². The molecule has 0 amide bonds. The SMILES string of the molecule is CCCc1ccccc1N(C)S(=O)(=O)c1cccc([N+](C)=O)c1. The van der Waals surface area contributed by atoms with Crippen molar-refractivity contribution in [2.24, 2.45) is 0 Å². The number of rotatable bonds is 6. The van der Waals surface area contributed by atoms with Crippen LogP contribution in [0.15, 0.2) is 53.4 Å². The minimum Gasteiger partial charge on any atom is -0.269 e. The predicted octanol–water partition coefficient (Wildman–Crippen LogP) is 3.50. The number of para-hydroxylation sites is 1. The number of nitroso groups, excluding NO2 is 1. The lowest BCUT2D eigenvalue weighted by molar-refractivity contribution is -0.428. The molecule has 2 rings (SSSR count). The van der Waals surface area contributed by atoms with Crippen LogP contribution < -0.4 is 4.31 Å². The standard InChI is InChI=1S/C17H21N2O3S/c1-4-8-14-9-5-6-12-17(14)19(3)23(21,22)16-11-7-10-15(13-16)18(2)20/h5-7,9-13H,4,8H2,1-3H3/q+1. The monoisotopic (exact) mass is 333 g/mol. The summed E-state index contributed by atoms with van der Waals surface area (Å²) in [5, 5.41) is 0. The van der Waals surface area contributed by atoms with Crippen LogP contribution in [0.1, 0.15) is 18.9 Å². The summed E-state index contributed by atoms with van der Waals surface area (Å²) in [5.41, 5.74) is 1.95. The Morgan fingerprint density at radius 1 is 1.09 bits per heavy atom. The minimum atomic E-state index is -3.72. The van der Waals surface area contributed by atoms with Crippen molar-refractivity contribution in [1.29, 1.82) is 0 Å². The molecule has 23 heavy (non-hydrogen) atoms. The number of benzene rings is 2. The molecular weight excluding hydrogens is 312 g/mol. The first-order chi connectivity index (χ1) is 10.9. The van der Waals surface area contributed by atoms with Crippen molar-refractivity contribution in [2.75, 3.05) is 18.4 Å². The zero-order valence-corrected chi connectivity index (χ0v) is 14.4. The Labute approximate surface area is 137 Å². The van der Waals surface area contributed by atoms with Gasteiger partial charge in [-0.1, -0.05) is 37.6 Å². The molecule has 0 fully saturated rings. The molecule has 0 radical (unpaired) electrons. The zero-order valence-electron chi connectivity index (χ0n) is 13.6. The number of aryl methyl sites for hydroxylation is 1. The molecule has 0 atom stereocenters. The van der Waals surface area contributed by atoms with E-state index in [-0.39, 0.29) is 4.90 Å². The van der Waals surface area contributed by atoms with Gasteiger partial charge in [0.25, 0.3) is 15.7 Å². The molecule has 122 valence electrons. The normalized spacial score (nSPS) is 11.3. The van der Waals surface area contributed by atoms with Crippen LogP contribution in [0.25, 0.3) is 0 Å². The fourth-order valence-corrected chi connectivity index (χ4v) is 3.70. The third-order valence-electron chi connectivity index (χ3n) is 3.69. The Bertz CT molecular complexity index is 816. The molecular formula is C17H21N2O3S+. The smallest absolute Gasteiger partial charge is 0.264 e. The summed E-state index contributed by atoms with van der Waals surface area (Å²) in [6, 6.07) is 13.5. The average molecular weight is 333 g/mol. The van der Waals surface area contributed by atoms with E-state index >= 15 is 0 Å². The summed E-state index contributed by atoms with van der Waals surface area (Å²) in [7, 11) is -0.843. The van der Waals surface area contributed by atoms with Gasteiger partial charge in [-0.05, 0) is 24.1 Å². The molecule has 2 aromatic carbocycles. The molecule has 0 aliphatic carbocycles. The molecule has 0 N–H and O–H groups in total. The number of hydrogen-bond acceptors (Lipinski definition) is 3. The molecule has 0 saturated heterocycles. The lowest BCUT2D eigenvalue weighted by atomic mass is 10.1. The van der Waals surface area contributed by atoms with E-state index < -0.39 is 10.0 Å². The van der Waals surface area contributed by atoms with Gasteiger partial charge in [-0.15, -0.1) is 0 Å². The molecule has 2 aromatic rings. The van der Waals surface area contributed by atoms with Crippen LogP contribution in [0.2, 0.25) is 0 Å². The molecule has 6 heteroatoms.